The van der Waals surface area contributed by atoms with E-state index in [1.807, 2.05) is 12.1 Å². The highest BCUT2D eigenvalue weighted by atomic mass is 35.5. The molecule has 1 fully saturated rings. The molecule has 0 atom stereocenters. The molecule has 1 saturated carbocycles. The molecule has 152 valence electrons. The summed E-state index contributed by atoms with van der Waals surface area (Å²) in [4.78, 5) is 5.73. The molecule has 0 unspecified atom stereocenters. The van der Waals surface area contributed by atoms with Gasteiger partial charge in [-0.3, -0.25) is 0 Å². The number of thiocarbonyl (C=S) groups is 1. The summed E-state index contributed by atoms with van der Waals surface area (Å²) >= 11 is 12.0. The van der Waals surface area contributed by atoms with Crippen LogP contribution in [0.4, 0.5) is 5.69 Å². The summed E-state index contributed by atoms with van der Waals surface area (Å²) in [5.74, 6) is 0.690. The lowest BCUT2D eigenvalue weighted by Gasteiger charge is -2.36. The van der Waals surface area contributed by atoms with Crippen LogP contribution in [0.3, 0.4) is 0 Å². The number of nitrogens with one attached hydrogen (secondary N) is 2. The average molecular weight is 428 g/mol. The summed E-state index contributed by atoms with van der Waals surface area (Å²) < 4.78 is 5.49. The maximum absolute atomic E-state index is 6.11. The van der Waals surface area contributed by atoms with Gasteiger partial charge < -0.3 is 19.9 Å². The highest BCUT2D eigenvalue weighted by molar-refractivity contribution is 7.80. The number of methoxy groups -OCH3 is 1. The number of hydrogen-bond donors (Lipinski definition) is 2. The van der Waals surface area contributed by atoms with E-state index in [1.165, 1.54) is 43.1 Å². The van der Waals surface area contributed by atoms with Crippen LogP contribution in [0.15, 0.2) is 48.7 Å². The molecule has 1 heterocycles. The normalized spacial score (nSPS) is 14.7. The molecule has 2 aromatic carbocycles. The van der Waals surface area contributed by atoms with Crippen LogP contribution in [-0.4, -0.2) is 28.1 Å². The minimum absolute atomic E-state index is 0.440. The Bertz CT molecular complexity index is 997. The zero-order valence-corrected chi connectivity index (χ0v) is 18.2. The Morgan fingerprint density at radius 3 is 2.79 bits per heavy atom. The van der Waals surface area contributed by atoms with Gasteiger partial charge in [-0.1, -0.05) is 49.1 Å². The van der Waals surface area contributed by atoms with Crippen molar-refractivity contribution in [1.82, 2.24) is 9.88 Å². The molecule has 1 aromatic heterocycles. The minimum atomic E-state index is 0.440. The molecular weight excluding hydrogens is 402 g/mol. The molecule has 0 amide bonds. The third kappa shape index (κ3) is 4.51. The summed E-state index contributed by atoms with van der Waals surface area (Å²) in [6.07, 6.45) is 8.25. The highest BCUT2D eigenvalue weighted by Crippen LogP contribution is 2.30. The van der Waals surface area contributed by atoms with Gasteiger partial charge in [0.2, 0.25) is 0 Å². The van der Waals surface area contributed by atoms with Crippen molar-refractivity contribution in [3.8, 4) is 5.75 Å². The van der Waals surface area contributed by atoms with Crippen molar-refractivity contribution in [2.24, 2.45) is 0 Å². The van der Waals surface area contributed by atoms with Crippen LogP contribution in [0.25, 0.3) is 10.9 Å². The molecule has 1 aliphatic carbocycles. The van der Waals surface area contributed by atoms with E-state index >= 15 is 0 Å². The molecule has 29 heavy (non-hydrogen) atoms. The Morgan fingerprint density at radius 1 is 1.21 bits per heavy atom. The SMILES string of the molecule is COc1cc(Cl)ccc1NC(=S)N(Cc1c[nH]c2ccccc12)C1CCCCC1. The van der Waals surface area contributed by atoms with Gasteiger partial charge in [0.05, 0.1) is 12.8 Å². The number of aromatic amines is 1. The monoisotopic (exact) mass is 427 g/mol. The van der Waals surface area contributed by atoms with Crippen molar-refractivity contribution < 1.29 is 4.74 Å². The van der Waals surface area contributed by atoms with Crippen LogP contribution in [0.2, 0.25) is 5.02 Å². The number of ether oxygens (including phenoxy) is 1. The standard InChI is InChI=1S/C23H26ClN3OS/c1-28-22-13-17(24)11-12-21(22)26-23(29)27(18-7-3-2-4-8-18)15-16-14-25-20-10-6-5-9-19(16)20/h5-6,9-14,18,25H,2-4,7-8,15H2,1H3,(H,26,29). The van der Waals surface area contributed by atoms with Gasteiger partial charge in [0.15, 0.2) is 5.11 Å². The number of hydrogen-bond acceptors (Lipinski definition) is 2. The van der Waals surface area contributed by atoms with E-state index in [0.717, 1.165) is 22.9 Å². The molecular formula is C23H26ClN3OS. The van der Waals surface area contributed by atoms with Gasteiger partial charge >= 0.3 is 0 Å². The zero-order chi connectivity index (χ0) is 20.2. The fraction of sp³-hybridized carbons (Fsp3) is 0.348. The van der Waals surface area contributed by atoms with Crippen molar-refractivity contribution >= 4 is 45.5 Å². The van der Waals surface area contributed by atoms with E-state index in [-0.39, 0.29) is 0 Å². The second-order valence-corrected chi connectivity index (χ2v) is 8.38. The van der Waals surface area contributed by atoms with Gasteiger partial charge in [0, 0.05) is 40.8 Å². The quantitative estimate of drug-likeness (QED) is 0.464. The number of benzene rings is 2. The number of fused-ring (bicyclic) bond motifs is 1. The average Bonchev–Trinajstić information content (AvgIpc) is 3.16. The van der Waals surface area contributed by atoms with E-state index < -0.39 is 0 Å². The van der Waals surface area contributed by atoms with Crippen LogP contribution in [-0.2, 0) is 6.54 Å². The van der Waals surface area contributed by atoms with Crippen molar-refractivity contribution in [3.63, 3.8) is 0 Å². The first-order valence-corrected chi connectivity index (χ1v) is 10.9. The van der Waals surface area contributed by atoms with E-state index in [9.17, 15) is 0 Å². The van der Waals surface area contributed by atoms with Crippen LogP contribution >= 0.6 is 23.8 Å². The molecule has 0 aliphatic heterocycles. The lowest BCUT2D eigenvalue weighted by atomic mass is 9.94. The molecule has 0 bridgehead atoms. The van der Waals surface area contributed by atoms with E-state index in [2.05, 4.69) is 45.7 Å². The maximum atomic E-state index is 6.11. The summed E-state index contributed by atoms with van der Waals surface area (Å²) in [6, 6.07) is 14.4. The van der Waals surface area contributed by atoms with Gasteiger partial charge in [0.25, 0.3) is 0 Å². The van der Waals surface area contributed by atoms with E-state index in [1.54, 1.807) is 13.2 Å². The topological polar surface area (TPSA) is 40.3 Å². The smallest absolute Gasteiger partial charge is 0.174 e. The number of rotatable bonds is 5. The van der Waals surface area contributed by atoms with Crippen LogP contribution in [0, 0.1) is 0 Å². The highest BCUT2D eigenvalue weighted by Gasteiger charge is 2.25. The van der Waals surface area contributed by atoms with E-state index in [0.29, 0.717) is 16.8 Å². The zero-order valence-electron chi connectivity index (χ0n) is 16.6. The van der Waals surface area contributed by atoms with Crippen molar-refractivity contribution in [3.05, 3.63) is 59.2 Å². The number of halogens is 1. The Morgan fingerprint density at radius 2 is 2.00 bits per heavy atom. The number of H-pyrrole nitrogens is 1. The molecule has 0 spiro atoms. The second kappa shape index (κ2) is 9.06. The van der Waals surface area contributed by atoms with Gasteiger partial charge in [-0.2, -0.15) is 0 Å². The largest absolute Gasteiger partial charge is 0.495 e. The maximum Gasteiger partial charge on any atom is 0.174 e. The summed E-state index contributed by atoms with van der Waals surface area (Å²) in [7, 11) is 1.64. The fourth-order valence-electron chi connectivity index (χ4n) is 4.16. The first-order chi connectivity index (χ1) is 14.2. The summed E-state index contributed by atoms with van der Waals surface area (Å²) in [5.41, 5.74) is 3.25. The fourth-order valence-corrected chi connectivity index (χ4v) is 4.65. The van der Waals surface area contributed by atoms with Gasteiger partial charge in [0.1, 0.15) is 5.75 Å². The third-order valence-corrected chi connectivity index (χ3v) is 6.27. The number of para-hydroxylation sites is 1. The molecule has 4 rings (SSSR count). The molecule has 0 saturated heterocycles. The molecule has 3 aromatic rings. The summed E-state index contributed by atoms with van der Waals surface area (Å²) in [6.45, 7) is 0.774. The van der Waals surface area contributed by atoms with Crippen LogP contribution < -0.4 is 10.1 Å². The number of nitrogens with zero attached hydrogens (tertiary/aromatic N) is 1. The molecule has 2 N–H and O–H groups in total. The predicted molar refractivity (Wildman–Crippen MR) is 125 cm³/mol. The molecule has 6 heteroatoms. The third-order valence-electron chi connectivity index (χ3n) is 5.70. The Labute approximate surface area is 182 Å². The minimum Gasteiger partial charge on any atom is -0.495 e. The van der Waals surface area contributed by atoms with Gasteiger partial charge in [-0.25, -0.2) is 0 Å². The second-order valence-electron chi connectivity index (χ2n) is 7.55. The Balaban J connectivity index is 1.60. The van der Waals surface area contributed by atoms with Gasteiger partial charge in [-0.05, 0) is 48.8 Å². The van der Waals surface area contributed by atoms with Crippen LogP contribution in [0.5, 0.6) is 5.75 Å². The first-order valence-electron chi connectivity index (χ1n) is 10.1. The van der Waals surface area contributed by atoms with Crippen LogP contribution in [0.1, 0.15) is 37.7 Å². The van der Waals surface area contributed by atoms with Crippen molar-refractivity contribution in [1.29, 1.82) is 0 Å². The Kier molecular flexibility index (Phi) is 6.26. The lowest BCUT2D eigenvalue weighted by Crippen LogP contribution is -2.43. The molecule has 4 nitrogen and oxygen atoms in total. The number of anilines is 1. The first kappa shape index (κ1) is 20.0. The lowest BCUT2D eigenvalue weighted by molar-refractivity contribution is 0.241. The molecule has 0 radical (unpaired) electrons. The Hall–Kier alpha value is -2.24. The van der Waals surface area contributed by atoms with Crippen molar-refractivity contribution in [2.45, 2.75) is 44.7 Å². The van der Waals surface area contributed by atoms with E-state index in [4.69, 9.17) is 28.6 Å². The van der Waals surface area contributed by atoms with Gasteiger partial charge in [-0.15, -0.1) is 0 Å². The van der Waals surface area contributed by atoms with Crippen molar-refractivity contribution in [2.75, 3.05) is 12.4 Å². The molecule has 1 aliphatic rings. The number of aromatic nitrogens is 1. The predicted octanol–water partition coefficient (Wildman–Crippen LogP) is 6.36. The summed E-state index contributed by atoms with van der Waals surface area (Å²) in [5, 5.41) is 6.03.